The molecule has 1 amide bonds. The summed E-state index contributed by atoms with van der Waals surface area (Å²) in [7, 11) is -1.63. The second-order valence-electron chi connectivity index (χ2n) is 6.74. The van der Waals surface area contributed by atoms with Crippen molar-refractivity contribution in [3.05, 3.63) is 23.9 Å². The highest BCUT2D eigenvalue weighted by atomic mass is 16.5. The highest BCUT2D eigenvalue weighted by molar-refractivity contribution is 6.62. The summed E-state index contributed by atoms with van der Waals surface area (Å²) in [6.07, 6.45) is 1.47. The Hall–Kier alpha value is -2.39. The van der Waals surface area contributed by atoms with E-state index in [2.05, 4.69) is 5.10 Å². The van der Waals surface area contributed by atoms with Crippen LogP contribution < -0.4 is 5.46 Å². The lowest BCUT2D eigenvalue weighted by Crippen LogP contribution is -2.37. The second-order valence-corrected chi connectivity index (χ2v) is 6.74. The van der Waals surface area contributed by atoms with E-state index in [0.29, 0.717) is 29.5 Å². The Kier molecular flexibility index (Phi) is 5.81. The third-order valence-corrected chi connectivity index (χ3v) is 5.03. The largest absolute Gasteiger partial charge is 0.489 e. The van der Waals surface area contributed by atoms with Gasteiger partial charge in [0.1, 0.15) is 6.54 Å². The summed E-state index contributed by atoms with van der Waals surface area (Å²) in [5.41, 5.74) is 1.77. The first-order valence-electron chi connectivity index (χ1n) is 9.19. The van der Waals surface area contributed by atoms with Gasteiger partial charge in [0.2, 0.25) is 5.91 Å². The Labute approximate surface area is 157 Å². The number of carbonyl (C=O) groups excluding carboxylic acids is 2. The molecule has 1 aliphatic rings. The van der Waals surface area contributed by atoms with Crippen molar-refractivity contribution < 1.29 is 24.4 Å². The molecule has 0 spiro atoms. The Morgan fingerprint density at radius 2 is 2.00 bits per heavy atom. The van der Waals surface area contributed by atoms with E-state index in [0.717, 1.165) is 18.5 Å². The van der Waals surface area contributed by atoms with Crippen molar-refractivity contribution >= 4 is 35.4 Å². The lowest BCUT2D eigenvalue weighted by Gasteiger charge is -2.30. The van der Waals surface area contributed by atoms with Crippen LogP contribution in [0.25, 0.3) is 10.9 Å². The number of likely N-dealkylation sites (tertiary alicyclic amines) is 1. The molecule has 3 rings (SSSR count). The van der Waals surface area contributed by atoms with E-state index in [1.54, 1.807) is 35.6 Å². The predicted molar refractivity (Wildman–Crippen MR) is 100 cm³/mol. The molecule has 8 nitrogen and oxygen atoms in total. The van der Waals surface area contributed by atoms with Crippen molar-refractivity contribution in [2.75, 3.05) is 19.7 Å². The quantitative estimate of drug-likeness (QED) is 0.565. The van der Waals surface area contributed by atoms with Gasteiger partial charge < -0.3 is 19.7 Å². The van der Waals surface area contributed by atoms with Gasteiger partial charge in [-0.2, -0.15) is 5.10 Å². The first-order valence-corrected chi connectivity index (χ1v) is 9.19. The molecule has 2 N–H and O–H groups in total. The Balaban J connectivity index is 2.01. The number of benzene rings is 1. The van der Waals surface area contributed by atoms with Gasteiger partial charge in [-0.1, -0.05) is 12.1 Å². The number of esters is 1. The number of ether oxygens (including phenoxy) is 1. The molecule has 2 heterocycles. The van der Waals surface area contributed by atoms with E-state index in [4.69, 9.17) is 4.74 Å². The van der Waals surface area contributed by atoms with Gasteiger partial charge in [0, 0.05) is 31.3 Å². The van der Waals surface area contributed by atoms with Crippen LogP contribution in [0.4, 0.5) is 0 Å². The fourth-order valence-corrected chi connectivity index (χ4v) is 3.70. The molecule has 1 saturated heterocycles. The molecule has 2 aromatic rings. The number of hydrogen-bond donors (Lipinski definition) is 2. The van der Waals surface area contributed by atoms with Crippen molar-refractivity contribution in [1.82, 2.24) is 14.7 Å². The van der Waals surface area contributed by atoms with Crippen molar-refractivity contribution in [2.24, 2.45) is 0 Å². The van der Waals surface area contributed by atoms with E-state index in [-0.39, 0.29) is 25.0 Å². The number of fused-ring (bicyclic) bond motifs is 1. The fourth-order valence-electron chi connectivity index (χ4n) is 3.70. The molecule has 1 aromatic heterocycles. The number of carbonyl (C=O) groups is 2. The maximum Gasteiger partial charge on any atom is 0.489 e. The minimum absolute atomic E-state index is 0.0401. The van der Waals surface area contributed by atoms with E-state index in [1.165, 1.54) is 0 Å². The highest BCUT2D eigenvalue weighted by Gasteiger charge is 2.29. The van der Waals surface area contributed by atoms with E-state index >= 15 is 0 Å². The Morgan fingerprint density at radius 3 is 2.59 bits per heavy atom. The normalized spacial score (nSPS) is 15.2. The van der Waals surface area contributed by atoms with Gasteiger partial charge in [-0.3, -0.25) is 14.3 Å². The molecular weight excluding hydrogens is 349 g/mol. The van der Waals surface area contributed by atoms with Crippen LogP contribution in [0.15, 0.2) is 18.2 Å². The second kappa shape index (κ2) is 8.10. The average Bonchev–Trinajstić information content (AvgIpc) is 3.00. The maximum absolute atomic E-state index is 12.0. The third kappa shape index (κ3) is 3.99. The summed E-state index contributed by atoms with van der Waals surface area (Å²) in [6, 6.07) is 5.17. The Bertz CT molecular complexity index is 843. The predicted octanol–water partition coefficient (Wildman–Crippen LogP) is 0.00510. The summed E-state index contributed by atoms with van der Waals surface area (Å²) in [5.74, 6) is -0.265. The molecule has 0 unspecified atom stereocenters. The van der Waals surface area contributed by atoms with Crippen LogP contribution in [0.1, 0.15) is 38.3 Å². The number of aromatic nitrogens is 2. The first kappa shape index (κ1) is 19.4. The Morgan fingerprint density at radius 1 is 1.30 bits per heavy atom. The van der Waals surface area contributed by atoms with Crippen molar-refractivity contribution in [3.8, 4) is 0 Å². The van der Waals surface area contributed by atoms with Crippen LogP contribution in [0.3, 0.4) is 0 Å². The summed E-state index contributed by atoms with van der Waals surface area (Å²) in [4.78, 5) is 25.3. The third-order valence-electron chi connectivity index (χ3n) is 5.03. The molecule has 27 heavy (non-hydrogen) atoms. The zero-order valence-corrected chi connectivity index (χ0v) is 15.6. The lowest BCUT2D eigenvalue weighted by molar-refractivity contribution is -0.144. The summed E-state index contributed by atoms with van der Waals surface area (Å²) in [6.45, 7) is 4.82. The molecule has 9 heteroatoms. The van der Waals surface area contributed by atoms with Gasteiger partial charge in [0.15, 0.2) is 0 Å². The van der Waals surface area contributed by atoms with Crippen molar-refractivity contribution in [3.63, 3.8) is 0 Å². The lowest BCUT2D eigenvalue weighted by atomic mass is 9.76. The smallest absolute Gasteiger partial charge is 0.465 e. The molecule has 0 atom stereocenters. The van der Waals surface area contributed by atoms with E-state index in [1.807, 2.05) is 6.07 Å². The molecule has 0 radical (unpaired) electrons. The monoisotopic (exact) mass is 373 g/mol. The molecular formula is C18H24BN3O5. The van der Waals surface area contributed by atoms with Gasteiger partial charge in [-0.15, -0.1) is 0 Å². The minimum Gasteiger partial charge on any atom is -0.465 e. The van der Waals surface area contributed by atoms with Crippen LogP contribution in [-0.4, -0.2) is 63.4 Å². The molecule has 0 saturated carbocycles. The van der Waals surface area contributed by atoms with Crippen LogP contribution in [0, 0.1) is 0 Å². The maximum atomic E-state index is 12.0. The standard InChI is InChI=1S/C18H24BN3O5/c1-3-27-16(24)11-22-15-6-4-5-14(19(25)26)17(15)18(20-22)13-7-9-21(10-8-13)12(2)23/h4-6,13,25-26H,3,7-11H2,1-2H3. The summed E-state index contributed by atoms with van der Waals surface area (Å²) >= 11 is 0. The zero-order chi connectivity index (χ0) is 19.6. The molecule has 1 aliphatic heterocycles. The van der Waals surface area contributed by atoms with Crippen molar-refractivity contribution in [2.45, 2.75) is 39.2 Å². The fraction of sp³-hybridized carbons (Fsp3) is 0.500. The topological polar surface area (TPSA) is 105 Å². The van der Waals surface area contributed by atoms with Crippen LogP contribution >= 0.6 is 0 Å². The number of hydrogen-bond acceptors (Lipinski definition) is 6. The van der Waals surface area contributed by atoms with Gasteiger partial charge in [0.25, 0.3) is 0 Å². The van der Waals surface area contributed by atoms with Gasteiger partial charge in [0.05, 0.1) is 17.8 Å². The molecule has 0 aliphatic carbocycles. The molecule has 0 bridgehead atoms. The number of amides is 1. The summed E-state index contributed by atoms with van der Waals surface area (Å²) < 4.78 is 6.59. The van der Waals surface area contributed by atoms with Crippen LogP contribution in [-0.2, 0) is 20.9 Å². The van der Waals surface area contributed by atoms with E-state index in [9.17, 15) is 19.6 Å². The number of rotatable bonds is 5. The molecule has 144 valence electrons. The molecule has 1 aromatic carbocycles. The minimum atomic E-state index is -1.63. The van der Waals surface area contributed by atoms with Gasteiger partial charge >= 0.3 is 13.1 Å². The summed E-state index contributed by atoms with van der Waals surface area (Å²) in [5, 5.41) is 24.9. The van der Waals surface area contributed by atoms with Gasteiger partial charge in [-0.25, -0.2) is 0 Å². The average molecular weight is 373 g/mol. The first-order chi connectivity index (χ1) is 12.9. The zero-order valence-electron chi connectivity index (χ0n) is 15.6. The van der Waals surface area contributed by atoms with Gasteiger partial charge in [-0.05, 0) is 31.3 Å². The van der Waals surface area contributed by atoms with Crippen LogP contribution in [0.5, 0.6) is 0 Å². The number of nitrogens with zero attached hydrogens (tertiary/aromatic N) is 3. The van der Waals surface area contributed by atoms with E-state index < -0.39 is 13.1 Å². The van der Waals surface area contributed by atoms with Crippen molar-refractivity contribution in [1.29, 1.82) is 0 Å². The number of piperidine rings is 1. The SMILES string of the molecule is CCOC(=O)Cn1nc(C2CCN(C(C)=O)CC2)c2c(B(O)O)cccc21. The highest BCUT2D eigenvalue weighted by Crippen LogP contribution is 2.32. The molecule has 1 fully saturated rings. The van der Waals surface area contributed by atoms with Crippen LogP contribution in [0.2, 0.25) is 0 Å².